The maximum Gasteiger partial charge on any atom is 0.341 e. The number of carboxylic acids is 1. The molecule has 0 saturated carbocycles. The Kier molecular flexibility index (Phi) is 7.02. The summed E-state index contributed by atoms with van der Waals surface area (Å²) in [7, 11) is 1.41. The molecule has 0 radical (unpaired) electrons. The molecular weight excluding hydrogens is 504 g/mol. The van der Waals surface area contributed by atoms with Crippen LogP contribution in [0.25, 0.3) is 10.9 Å². The smallest absolute Gasteiger partial charge is 0.341 e. The lowest BCUT2D eigenvalue weighted by atomic mass is 9.90. The fraction of sp³-hybridized carbons (Fsp3) is 0.276. The highest BCUT2D eigenvalue weighted by Gasteiger charge is 2.31. The predicted octanol–water partition coefficient (Wildman–Crippen LogP) is 3.71. The summed E-state index contributed by atoms with van der Waals surface area (Å²) in [5.74, 6) is -2.02. The number of methoxy groups -OCH3 is 1. The molecule has 2 aromatic carbocycles. The highest BCUT2D eigenvalue weighted by atomic mass is 16.5. The molecule has 10 heteroatoms. The number of H-pyrrole nitrogens is 1. The number of ether oxygens (including phenoxy) is 2. The van der Waals surface area contributed by atoms with E-state index >= 15 is 0 Å². The molecule has 1 aliphatic rings. The van der Waals surface area contributed by atoms with E-state index in [0.29, 0.717) is 30.8 Å². The fourth-order valence-electron chi connectivity index (χ4n) is 5.09. The van der Waals surface area contributed by atoms with Gasteiger partial charge in [-0.2, -0.15) is 0 Å². The highest BCUT2D eigenvalue weighted by molar-refractivity contribution is 5.86. The topological polar surface area (TPSA) is 142 Å². The summed E-state index contributed by atoms with van der Waals surface area (Å²) in [5, 5.41) is 20.8. The van der Waals surface area contributed by atoms with Gasteiger partial charge in [-0.05, 0) is 42.7 Å². The Morgan fingerprint density at radius 2 is 1.95 bits per heavy atom. The van der Waals surface area contributed by atoms with Crippen molar-refractivity contribution in [2.75, 3.05) is 20.3 Å². The number of para-hydroxylation sites is 1. The third kappa shape index (κ3) is 5.18. The molecule has 3 N–H and O–H groups in total. The van der Waals surface area contributed by atoms with Gasteiger partial charge < -0.3 is 34.0 Å². The number of hydrogen-bond acceptors (Lipinski definition) is 7. The third-order valence-corrected chi connectivity index (χ3v) is 6.94. The Labute approximate surface area is 223 Å². The van der Waals surface area contributed by atoms with Gasteiger partial charge in [0.25, 0.3) is 0 Å². The zero-order valence-electron chi connectivity index (χ0n) is 21.5. The van der Waals surface area contributed by atoms with E-state index in [9.17, 15) is 19.5 Å². The summed E-state index contributed by atoms with van der Waals surface area (Å²) < 4.78 is 16.5. The van der Waals surface area contributed by atoms with Gasteiger partial charge in [0.1, 0.15) is 5.76 Å². The number of carbonyl (C=O) groups is 2. The van der Waals surface area contributed by atoms with Crippen LogP contribution in [-0.2, 0) is 22.6 Å². The first-order valence-corrected chi connectivity index (χ1v) is 12.5. The van der Waals surface area contributed by atoms with Gasteiger partial charge in [-0.3, -0.25) is 9.59 Å². The lowest BCUT2D eigenvalue weighted by Gasteiger charge is -2.29. The van der Waals surface area contributed by atoms with Crippen molar-refractivity contribution in [1.82, 2.24) is 9.88 Å². The number of aromatic hydroxyl groups is 1. The van der Waals surface area contributed by atoms with E-state index in [1.807, 2.05) is 18.2 Å². The van der Waals surface area contributed by atoms with Crippen molar-refractivity contribution in [2.24, 2.45) is 0 Å². The van der Waals surface area contributed by atoms with Gasteiger partial charge in [-0.15, -0.1) is 0 Å². The van der Waals surface area contributed by atoms with Crippen LogP contribution in [0.4, 0.5) is 0 Å². The molecule has 1 amide bonds. The lowest BCUT2D eigenvalue weighted by molar-refractivity contribution is -0.139. The first-order chi connectivity index (χ1) is 18.7. The molecule has 0 fully saturated rings. The van der Waals surface area contributed by atoms with E-state index in [-0.39, 0.29) is 29.6 Å². The molecule has 0 spiro atoms. The van der Waals surface area contributed by atoms with Crippen molar-refractivity contribution < 1.29 is 33.7 Å². The minimum atomic E-state index is -1.14. The molecular formula is C29H28N2O8. The largest absolute Gasteiger partial charge is 0.502 e. The van der Waals surface area contributed by atoms with Crippen molar-refractivity contribution >= 4 is 22.8 Å². The summed E-state index contributed by atoms with van der Waals surface area (Å²) in [6.45, 7) is 1.96. The number of rotatable bonds is 8. The Morgan fingerprint density at radius 3 is 2.72 bits per heavy atom. The van der Waals surface area contributed by atoms with Crippen LogP contribution in [0.5, 0.6) is 17.2 Å². The molecule has 1 atom stereocenters. The second-order valence-corrected chi connectivity index (χ2v) is 9.48. The number of aromatic nitrogens is 1. The van der Waals surface area contributed by atoms with Crippen LogP contribution < -0.4 is 14.9 Å². The van der Waals surface area contributed by atoms with Crippen molar-refractivity contribution in [2.45, 2.75) is 32.2 Å². The maximum atomic E-state index is 13.6. The molecule has 0 bridgehead atoms. The molecule has 39 heavy (non-hydrogen) atoms. The number of carbonyl (C=O) groups excluding carboxylic acids is 1. The number of nitrogens with one attached hydrogen (secondary N) is 1. The minimum Gasteiger partial charge on any atom is -0.502 e. The van der Waals surface area contributed by atoms with Gasteiger partial charge in [0, 0.05) is 35.6 Å². The van der Waals surface area contributed by atoms with Crippen molar-refractivity contribution in [3.8, 4) is 17.2 Å². The second-order valence-electron chi connectivity index (χ2n) is 9.48. The van der Waals surface area contributed by atoms with Crippen molar-refractivity contribution in [3.05, 3.63) is 87.1 Å². The van der Waals surface area contributed by atoms with E-state index in [1.54, 1.807) is 24.0 Å². The van der Waals surface area contributed by atoms with Crippen LogP contribution in [0.3, 0.4) is 0 Å². The van der Waals surface area contributed by atoms with Crippen molar-refractivity contribution in [3.63, 3.8) is 0 Å². The molecule has 5 rings (SSSR count). The van der Waals surface area contributed by atoms with Crippen molar-refractivity contribution in [1.29, 1.82) is 0 Å². The Bertz CT molecular complexity index is 1620. The zero-order valence-corrected chi connectivity index (χ0v) is 21.5. The van der Waals surface area contributed by atoms with Gasteiger partial charge in [-0.25, -0.2) is 4.79 Å². The summed E-state index contributed by atoms with van der Waals surface area (Å²) in [6, 6.07) is 14.0. The summed E-state index contributed by atoms with van der Waals surface area (Å²) >= 11 is 0. The number of aliphatic carboxylic acids is 1. The van der Waals surface area contributed by atoms with Gasteiger partial charge >= 0.3 is 5.97 Å². The summed E-state index contributed by atoms with van der Waals surface area (Å²) in [5.41, 5.74) is 3.13. The number of fused-ring (bicyclic) bond motifs is 3. The zero-order chi connectivity index (χ0) is 27.7. The van der Waals surface area contributed by atoms with Gasteiger partial charge in [0.15, 0.2) is 23.9 Å². The average molecular weight is 533 g/mol. The van der Waals surface area contributed by atoms with Gasteiger partial charge in [-0.1, -0.05) is 24.3 Å². The van der Waals surface area contributed by atoms with E-state index in [2.05, 4.69) is 11.1 Å². The van der Waals surface area contributed by atoms with Crippen LogP contribution in [0.2, 0.25) is 0 Å². The first kappa shape index (κ1) is 25.9. The number of carboxylic acid groups (broad SMARTS) is 1. The Balaban J connectivity index is 1.48. The predicted molar refractivity (Wildman–Crippen MR) is 141 cm³/mol. The van der Waals surface area contributed by atoms with E-state index in [4.69, 9.17) is 19.0 Å². The Morgan fingerprint density at radius 1 is 1.15 bits per heavy atom. The van der Waals surface area contributed by atoms with E-state index in [0.717, 1.165) is 16.6 Å². The van der Waals surface area contributed by atoms with Crippen LogP contribution >= 0.6 is 0 Å². The number of nitrogens with zero attached hydrogens (tertiary/aromatic N) is 1. The highest BCUT2D eigenvalue weighted by Crippen LogP contribution is 2.38. The third-order valence-electron chi connectivity index (χ3n) is 6.94. The van der Waals surface area contributed by atoms with E-state index in [1.165, 1.54) is 24.8 Å². The molecule has 10 nitrogen and oxygen atoms in total. The molecule has 4 aromatic rings. The van der Waals surface area contributed by atoms with Crippen LogP contribution in [0, 0.1) is 6.92 Å². The standard InChI is InChI=1S/C29H28N2O8/c1-16-11-23(32)28(36)29(39-16)20(17-7-8-24(25(12-17)37-2)38-15-27(34)35)13-26(33)31-10-9-19-18-5-3-4-6-21(18)30-22(19)14-31/h3-8,11-12,20,30,36H,9-10,13-15H2,1-2H3,(H,34,35)/t20-/m1/s1. The summed E-state index contributed by atoms with van der Waals surface area (Å²) in [4.78, 5) is 42.2. The lowest BCUT2D eigenvalue weighted by Crippen LogP contribution is -2.36. The molecule has 3 heterocycles. The number of aromatic amines is 1. The first-order valence-electron chi connectivity index (χ1n) is 12.5. The SMILES string of the molecule is COc1cc([C@@H](CC(=O)N2CCc3c([nH]c4ccccc34)C2)c2oc(C)cc(=O)c2O)ccc1OCC(=O)O. The number of aryl methyl sites for hydroxylation is 1. The average Bonchev–Trinajstić information content (AvgIpc) is 3.30. The van der Waals surface area contributed by atoms with Gasteiger partial charge in [0.2, 0.25) is 17.1 Å². The molecule has 0 unspecified atom stereocenters. The normalized spacial score (nSPS) is 13.6. The van der Waals surface area contributed by atoms with Crippen LogP contribution in [0.1, 0.15) is 40.7 Å². The van der Waals surface area contributed by atoms with Crippen LogP contribution in [-0.4, -0.2) is 52.2 Å². The number of benzene rings is 2. The van der Waals surface area contributed by atoms with Gasteiger partial charge in [0.05, 0.1) is 19.6 Å². The molecule has 202 valence electrons. The minimum absolute atomic E-state index is 0.0297. The quantitative estimate of drug-likeness (QED) is 0.312. The Hall–Kier alpha value is -4.73. The fourth-order valence-corrected chi connectivity index (χ4v) is 5.09. The van der Waals surface area contributed by atoms with Crippen LogP contribution in [0.15, 0.2) is 57.7 Å². The molecule has 0 aliphatic carbocycles. The maximum absolute atomic E-state index is 13.6. The monoisotopic (exact) mass is 532 g/mol. The second kappa shape index (κ2) is 10.6. The van der Waals surface area contributed by atoms with E-state index < -0.39 is 29.7 Å². The molecule has 2 aromatic heterocycles. The summed E-state index contributed by atoms with van der Waals surface area (Å²) in [6.07, 6.45) is 0.609. The number of hydrogen-bond donors (Lipinski definition) is 3. The molecule has 0 saturated heterocycles. The molecule has 1 aliphatic heterocycles. The number of amides is 1.